The van der Waals surface area contributed by atoms with Crippen molar-refractivity contribution in [2.45, 2.75) is 13.1 Å². The van der Waals surface area contributed by atoms with Gasteiger partial charge in [-0.15, -0.1) is 0 Å². The van der Waals surface area contributed by atoms with Crippen LogP contribution in [0.2, 0.25) is 0 Å². The van der Waals surface area contributed by atoms with Gasteiger partial charge in [0.25, 0.3) is 5.97 Å². The summed E-state index contributed by atoms with van der Waals surface area (Å²) >= 11 is 0. The maximum absolute atomic E-state index is 10.7. The van der Waals surface area contributed by atoms with Crippen molar-refractivity contribution < 1.29 is 28.3 Å². The SMILES string of the molecule is CC(=O)O.ON=CC(F)(F)F. The number of aliphatic carboxylic acids is 1. The van der Waals surface area contributed by atoms with Crippen LogP contribution in [0, 0.1) is 0 Å². The predicted molar refractivity (Wildman–Crippen MR) is 29.6 cm³/mol. The first kappa shape index (κ1) is 12.4. The quantitative estimate of drug-likeness (QED) is 0.327. The largest absolute Gasteiger partial charge is 0.481 e. The average molecular weight is 173 g/mol. The van der Waals surface area contributed by atoms with E-state index in [1.807, 2.05) is 0 Å². The monoisotopic (exact) mass is 173 g/mol. The highest BCUT2D eigenvalue weighted by Gasteiger charge is 2.23. The zero-order chi connectivity index (χ0) is 9.49. The van der Waals surface area contributed by atoms with Crippen LogP contribution in [0.15, 0.2) is 5.16 Å². The number of halogens is 3. The molecule has 0 aromatic rings. The summed E-state index contributed by atoms with van der Waals surface area (Å²) in [5.41, 5.74) is 0. The van der Waals surface area contributed by atoms with Crippen molar-refractivity contribution in [2.75, 3.05) is 0 Å². The molecule has 0 rings (SSSR count). The van der Waals surface area contributed by atoms with Crippen LogP contribution in [-0.2, 0) is 4.79 Å². The Labute approximate surface area is 59.9 Å². The van der Waals surface area contributed by atoms with Crippen LogP contribution >= 0.6 is 0 Å². The molecule has 0 atom stereocenters. The Kier molecular flexibility index (Phi) is 6.22. The maximum Gasteiger partial charge on any atom is 0.429 e. The third-order valence-electron chi connectivity index (χ3n) is 0.204. The lowest BCUT2D eigenvalue weighted by atomic mass is 10.7. The van der Waals surface area contributed by atoms with Crippen molar-refractivity contribution in [2.24, 2.45) is 5.16 Å². The van der Waals surface area contributed by atoms with Crippen LogP contribution in [-0.4, -0.2) is 28.7 Å². The van der Waals surface area contributed by atoms with E-state index in [1.165, 1.54) is 0 Å². The Balaban J connectivity index is 0. The van der Waals surface area contributed by atoms with Crippen LogP contribution in [0.5, 0.6) is 0 Å². The highest BCUT2D eigenvalue weighted by Crippen LogP contribution is 2.09. The Hall–Kier alpha value is -1.27. The van der Waals surface area contributed by atoms with E-state index in [2.05, 4.69) is 0 Å². The first-order valence-electron chi connectivity index (χ1n) is 2.24. The van der Waals surface area contributed by atoms with Crippen LogP contribution in [0.4, 0.5) is 13.2 Å². The molecule has 0 radical (unpaired) electrons. The number of carbonyl (C=O) groups is 1. The molecule has 7 heteroatoms. The van der Waals surface area contributed by atoms with Gasteiger partial charge in [0.15, 0.2) is 0 Å². The number of carboxylic acid groups (broad SMARTS) is 1. The van der Waals surface area contributed by atoms with Crippen LogP contribution in [0.1, 0.15) is 6.92 Å². The van der Waals surface area contributed by atoms with E-state index >= 15 is 0 Å². The molecule has 2 N–H and O–H groups in total. The summed E-state index contributed by atoms with van der Waals surface area (Å²) in [6, 6.07) is 0. The van der Waals surface area contributed by atoms with Crippen molar-refractivity contribution in [3.05, 3.63) is 0 Å². The molecule has 0 heterocycles. The van der Waals surface area contributed by atoms with Gasteiger partial charge in [-0.2, -0.15) is 13.2 Å². The van der Waals surface area contributed by atoms with Crippen molar-refractivity contribution in [1.82, 2.24) is 0 Å². The normalized spacial score (nSPS) is 10.5. The summed E-state index contributed by atoms with van der Waals surface area (Å²) in [5, 5.41) is 16.4. The number of oxime groups is 1. The Morgan fingerprint density at radius 1 is 1.55 bits per heavy atom. The van der Waals surface area contributed by atoms with Gasteiger partial charge in [-0.05, 0) is 0 Å². The number of rotatable bonds is 0. The fourth-order valence-corrected chi connectivity index (χ4v) is 0.0655. The van der Waals surface area contributed by atoms with Gasteiger partial charge in [-0.3, -0.25) is 4.79 Å². The van der Waals surface area contributed by atoms with Gasteiger partial charge >= 0.3 is 6.18 Å². The van der Waals surface area contributed by atoms with Crippen molar-refractivity contribution in [3.8, 4) is 0 Å². The molecule has 66 valence electrons. The number of hydrogen-bond acceptors (Lipinski definition) is 3. The fraction of sp³-hybridized carbons (Fsp3) is 0.500. The van der Waals surface area contributed by atoms with E-state index in [0.29, 0.717) is 0 Å². The second-order valence-corrected chi connectivity index (χ2v) is 1.31. The van der Waals surface area contributed by atoms with E-state index in [0.717, 1.165) is 6.92 Å². The van der Waals surface area contributed by atoms with Gasteiger partial charge in [0.2, 0.25) is 0 Å². The predicted octanol–water partition coefficient (Wildman–Crippen LogP) is 1.10. The minimum atomic E-state index is -4.49. The zero-order valence-electron chi connectivity index (χ0n) is 5.46. The molecule has 0 spiro atoms. The molecule has 11 heavy (non-hydrogen) atoms. The van der Waals surface area contributed by atoms with Gasteiger partial charge in [0, 0.05) is 6.92 Å². The van der Waals surface area contributed by atoms with Crippen LogP contribution in [0.25, 0.3) is 0 Å². The van der Waals surface area contributed by atoms with Crippen molar-refractivity contribution >= 4 is 12.2 Å². The minimum absolute atomic E-state index is 0.507. The van der Waals surface area contributed by atoms with E-state index < -0.39 is 18.4 Å². The topological polar surface area (TPSA) is 69.9 Å². The number of carboxylic acids is 1. The Bertz CT molecular complexity index is 138. The van der Waals surface area contributed by atoms with Gasteiger partial charge in [-0.1, -0.05) is 5.16 Å². The molecule has 0 unspecified atom stereocenters. The van der Waals surface area contributed by atoms with E-state index in [9.17, 15) is 13.2 Å². The number of alkyl halides is 3. The lowest BCUT2D eigenvalue weighted by Crippen LogP contribution is -2.07. The summed E-state index contributed by atoms with van der Waals surface area (Å²) in [7, 11) is 0. The van der Waals surface area contributed by atoms with Crippen LogP contribution in [0.3, 0.4) is 0 Å². The highest BCUT2D eigenvalue weighted by molar-refractivity contribution is 5.63. The lowest BCUT2D eigenvalue weighted by Gasteiger charge is -1.91. The smallest absolute Gasteiger partial charge is 0.429 e. The summed E-state index contributed by atoms with van der Waals surface area (Å²) in [6.07, 6.45) is -5.00. The molecule has 0 fully saturated rings. The van der Waals surface area contributed by atoms with Gasteiger partial charge in [0.1, 0.15) is 6.21 Å². The zero-order valence-corrected chi connectivity index (χ0v) is 5.46. The molecule has 0 saturated carbocycles. The maximum atomic E-state index is 10.7. The van der Waals surface area contributed by atoms with Gasteiger partial charge in [-0.25, -0.2) is 0 Å². The molecule has 0 saturated heterocycles. The molecule has 0 aliphatic heterocycles. The molecule has 4 nitrogen and oxygen atoms in total. The number of hydrogen-bond donors (Lipinski definition) is 2. The van der Waals surface area contributed by atoms with E-state index in [4.69, 9.17) is 15.1 Å². The van der Waals surface area contributed by atoms with Crippen LogP contribution < -0.4 is 0 Å². The summed E-state index contributed by atoms with van der Waals surface area (Å²) in [5.74, 6) is -0.833. The second kappa shape index (κ2) is 5.51. The molecule has 0 aliphatic carbocycles. The minimum Gasteiger partial charge on any atom is -0.481 e. The average Bonchev–Trinajstić information content (AvgIpc) is 1.58. The molecule has 0 bridgehead atoms. The van der Waals surface area contributed by atoms with E-state index in [-0.39, 0.29) is 0 Å². The molecular weight excluding hydrogens is 167 g/mol. The third-order valence-corrected chi connectivity index (χ3v) is 0.204. The van der Waals surface area contributed by atoms with Crippen molar-refractivity contribution in [3.63, 3.8) is 0 Å². The highest BCUT2D eigenvalue weighted by atomic mass is 19.4. The third kappa shape index (κ3) is 53.1. The summed E-state index contributed by atoms with van der Waals surface area (Å²) in [6.45, 7) is 1.08. The number of nitrogens with zero attached hydrogens (tertiary/aromatic N) is 1. The lowest BCUT2D eigenvalue weighted by molar-refractivity contribution is -0.134. The molecule has 0 aromatic heterocycles. The fourth-order valence-electron chi connectivity index (χ4n) is 0.0655. The molecule has 0 amide bonds. The molecule has 0 aliphatic rings. The summed E-state index contributed by atoms with van der Waals surface area (Å²) < 4.78 is 32.2. The first-order chi connectivity index (χ1) is 4.79. The Morgan fingerprint density at radius 3 is 1.82 bits per heavy atom. The molecular formula is C4H6F3NO3. The standard InChI is InChI=1S/C2H2F3NO.C2H4O2/c3-2(4,5)1-6-7;1-2(3)4/h1,7H;1H3,(H,3,4). The first-order valence-corrected chi connectivity index (χ1v) is 2.24. The summed E-state index contributed by atoms with van der Waals surface area (Å²) in [4.78, 5) is 9.00. The molecule has 0 aromatic carbocycles. The van der Waals surface area contributed by atoms with Crippen molar-refractivity contribution in [1.29, 1.82) is 0 Å². The van der Waals surface area contributed by atoms with Gasteiger partial charge in [0.05, 0.1) is 0 Å². The van der Waals surface area contributed by atoms with Gasteiger partial charge < -0.3 is 10.3 Å². The Morgan fingerprint density at radius 2 is 1.82 bits per heavy atom. The van der Waals surface area contributed by atoms with E-state index in [1.54, 1.807) is 5.16 Å². The second-order valence-electron chi connectivity index (χ2n) is 1.31.